The first kappa shape index (κ1) is 17.4. The van der Waals surface area contributed by atoms with Crippen molar-refractivity contribution in [2.45, 2.75) is 32.3 Å². The molecule has 6 nitrogen and oxygen atoms in total. The van der Waals surface area contributed by atoms with E-state index >= 15 is 0 Å². The van der Waals surface area contributed by atoms with E-state index < -0.39 is 17.5 Å². The average Bonchev–Trinajstić information content (AvgIpc) is 2.64. The van der Waals surface area contributed by atoms with Crippen LogP contribution in [0.25, 0.3) is 0 Å². The second-order valence-corrected chi connectivity index (χ2v) is 6.58. The quantitative estimate of drug-likeness (QED) is 0.864. The molecule has 1 saturated heterocycles. The zero-order valence-corrected chi connectivity index (χ0v) is 14.3. The highest BCUT2D eigenvalue weighted by molar-refractivity contribution is 5.76. The van der Waals surface area contributed by atoms with E-state index in [2.05, 4.69) is 9.97 Å². The maximum Gasteiger partial charge on any atom is 0.312 e. The number of β-amino-alcohol motifs (C(OH)–C–C–N with tert-alkyl or cyclic N) is 1. The smallest absolute Gasteiger partial charge is 0.312 e. The van der Waals surface area contributed by atoms with E-state index in [9.17, 15) is 15.0 Å². The molecule has 0 amide bonds. The summed E-state index contributed by atoms with van der Waals surface area (Å²) in [5.74, 6) is -0.416. The van der Waals surface area contributed by atoms with Crippen LogP contribution in [-0.2, 0) is 17.6 Å². The van der Waals surface area contributed by atoms with Crippen molar-refractivity contribution in [1.82, 2.24) is 9.97 Å². The second-order valence-electron chi connectivity index (χ2n) is 6.58. The van der Waals surface area contributed by atoms with Gasteiger partial charge in [-0.15, -0.1) is 0 Å². The minimum atomic E-state index is -1.18. The molecule has 1 aromatic heterocycles. The van der Waals surface area contributed by atoms with E-state index in [1.54, 1.807) is 12.4 Å². The molecule has 1 fully saturated rings. The molecule has 25 heavy (non-hydrogen) atoms. The SMILES string of the molecule is CCc1cnc(N2CC[C@](Cc3ccccc3)(C(=O)O)[C@@H](O)C2)nc1. The summed E-state index contributed by atoms with van der Waals surface area (Å²) in [6, 6.07) is 9.46. The fraction of sp³-hybridized carbons (Fsp3) is 0.421. The molecule has 2 atom stereocenters. The van der Waals surface area contributed by atoms with Crippen LogP contribution in [-0.4, -0.2) is 45.3 Å². The Kier molecular flexibility index (Phi) is 4.99. The van der Waals surface area contributed by atoms with Gasteiger partial charge >= 0.3 is 5.97 Å². The highest BCUT2D eigenvalue weighted by Gasteiger charge is 2.49. The van der Waals surface area contributed by atoms with Gasteiger partial charge in [-0.1, -0.05) is 37.3 Å². The molecule has 2 N–H and O–H groups in total. The molecule has 0 saturated carbocycles. The van der Waals surface area contributed by atoms with E-state index in [-0.39, 0.29) is 6.54 Å². The maximum atomic E-state index is 12.0. The lowest BCUT2D eigenvalue weighted by Crippen LogP contribution is -2.56. The monoisotopic (exact) mass is 341 g/mol. The summed E-state index contributed by atoms with van der Waals surface area (Å²) < 4.78 is 0. The Morgan fingerprint density at radius 2 is 1.92 bits per heavy atom. The van der Waals surface area contributed by atoms with Crippen LogP contribution in [0.15, 0.2) is 42.7 Å². The molecule has 1 aliphatic rings. The van der Waals surface area contributed by atoms with Gasteiger partial charge in [-0.3, -0.25) is 4.79 Å². The number of piperidine rings is 1. The number of anilines is 1. The number of carbonyl (C=O) groups is 1. The standard InChI is InChI=1S/C19H23N3O3/c1-2-14-11-20-18(21-12-14)22-9-8-19(17(24)25,16(23)13-22)10-15-6-4-3-5-7-15/h3-7,11-12,16,23H,2,8-10,13H2,1H3,(H,24,25)/t16-,19+/m0/s1. The summed E-state index contributed by atoms with van der Waals surface area (Å²) in [7, 11) is 0. The number of benzene rings is 1. The van der Waals surface area contributed by atoms with Crippen molar-refractivity contribution in [3.63, 3.8) is 0 Å². The number of nitrogens with zero attached hydrogens (tertiary/aromatic N) is 3. The van der Waals surface area contributed by atoms with Crippen LogP contribution in [0.5, 0.6) is 0 Å². The predicted octanol–water partition coefficient (Wildman–Crippen LogP) is 1.92. The van der Waals surface area contributed by atoms with Crippen LogP contribution in [0.4, 0.5) is 5.95 Å². The second kappa shape index (κ2) is 7.19. The minimum Gasteiger partial charge on any atom is -0.481 e. The lowest BCUT2D eigenvalue weighted by molar-refractivity contribution is -0.158. The molecular formula is C19H23N3O3. The Labute approximate surface area is 147 Å². The number of aliphatic hydroxyl groups excluding tert-OH is 1. The molecule has 2 aromatic rings. The molecule has 0 bridgehead atoms. The fourth-order valence-corrected chi connectivity index (χ4v) is 3.34. The van der Waals surface area contributed by atoms with Gasteiger partial charge in [-0.25, -0.2) is 9.97 Å². The summed E-state index contributed by atoms with van der Waals surface area (Å²) in [6.45, 7) is 2.75. The Hall–Kier alpha value is -2.47. The zero-order valence-electron chi connectivity index (χ0n) is 14.3. The van der Waals surface area contributed by atoms with Gasteiger partial charge in [0.15, 0.2) is 0 Å². The molecule has 132 valence electrons. The van der Waals surface area contributed by atoms with Gasteiger partial charge in [-0.05, 0) is 30.4 Å². The maximum absolute atomic E-state index is 12.0. The van der Waals surface area contributed by atoms with Crippen molar-refractivity contribution < 1.29 is 15.0 Å². The van der Waals surface area contributed by atoms with E-state index in [0.29, 0.717) is 25.3 Å². The molecule has 1 aliphatic heterocycles. The first-order valence-electron chi connectivity index (χ1n) is 8.56. The third kappa shape index (κ3) is 3.49. The molecule has 6 heteroatoms. The Balaban J connectivity index is 1.78. The van der Waals surface area contributed by atoms with Crippen LogP contribution in [0.2, 0.25) is 0 Å². The van der Waals surface area contributed by atoms with Crippen molar-refractivity contribution in [2.24, 2.45) is 5.41 Å². The van der Waals surface area contributed by atoms with Crippen molar-refractivity contribution in [1.29, 1.82) is 0 Å². The molecule has 0 unspecified atom stereocenters. The average molecular weight is 341 g/mol. The first-order valence-corrected chi connectivity index (χ1v) is 8.56. The number of aliphatic hydroxyl groups is 1. The number of rotatable bonds is 5. The van der Waals surface area contributed by atoms with Gasteiger partial charge in [0, 0.05) is 25.5 Å². The number of hydrogen-bond acceptors (Lipinski definition) is 5. The number of carboxylic acid groups (broad SMARTS) is 1. The lowest BCUT2D eigenvalue weighted by Gasteiger charge is -2.42. The van der Waals surface area contributed by atoms with Gasteiger partial charge in [-0.2, -0.15) is 0 Å². The Morgan fingerprint density at radius 3 is 2.48 bits per heavy atom. The number of aromatic nitrogens is 2. The van der Waals surface area contributed by atoms with Crippen LogP contribution in [0.3, 0.4) is 0 Å². The molecule has 0 radical (unpaired) electrons. The van der Waals surface area contributed by atoms with E-state index in [4.69, 9.17) is 0 Å². The molecule has 0 spiro atoms. The zero-order chi connectivity index (χ0) is 17.9. The van der Waals surface area contributed by atoms with Crippen LogP contribution >= 0.6 is 0 Å². The van der Waals surface area contributed by atoms with Crippen molar-refractivity contribution >= 4 is 11.9 Å². The number of aryl methyl sites for hydroxylation is 1. The van der Waals surface area contributed by atoms with Crippen LogP contribution in [0.1, 0.15) is 24.5 Å². The predicted molar refractivity (Wildman–Crippen MR) is 94.5 cm³/mol. The topological polar surface area (TPSA) is 86.6 Å². The van der Waals surface area contributed by atoms with Gasteiger partial charge in [0.25, 0.3) is 0 Å². The molecule has 3 rings (SSSR count). The van der Waals surface area contributed by atoms with Gasteiger partial charge in [0.1, 0.15) is 5.41 Å². The van der Waals surface area contributed by atoms with Crippen molar-refractivity contribution in [3.8, 4) is 0 Å². The summed E-state index contributed by atoms with van der Waals surface area (Å²) >= 11 is 0. The Morgan fingerprint density at radius 1 is 1.24 bits per heavy atom. The van der Waals surface area contributed by atoms with Gasteiger partial charge in [0.05, 0.1) is 6.10 Å². The normalized spacial score (nSPS) is 23.4. The van der Waals surface area contributed by atoms with E-state index in [1.807, 2.05) is 42.2 Å². The number of aliphatic carboxylic acids is 1. The summed E-state index contributed by atoms with van der Waals surface area (Å²) in [6.07, 6.45) is 4.08. The van der Waals surface area contributed by atoms with E-state index in [0.717, 1.165) is 17.5 Å². The largest absolute Gasteiger partial charge is 0.481 e. The summed E-state index contributed by atoms with van der Waals surface area (Å²) in [5, 5.41) is 20.5. The fourth-order valence-electron chi connectivity index (χ4n) is 3.34. The van der Waals surface area contributed by atoms with Crippen LogP contribution < -0.4 is 4.90 Å². The highest BCUT2D eigenvalue weighted by atomic mass is 16.4. The van der Waals surface area contributed by atoms with Gasteiger partial charge in [0.2, 0.25) is 5.95 Å². The first-order chi connectivity index (χ1) is 12.0. The highest BCUT2D eigenvalue weighted by Crippen LogP contribution is 2.36. The number of carboxylic acids is 1. The van der Waals surface area contributed by atoms with Crippen LogP contribution in [0, 0.1) is 5.41 Å². The molecule has 1 aromatic carbocycles. The third-order valence-corrected chi connectivity index (χ3v) is 5.03. The van der Waals surface area contributed by atoms with Gasteiger partial charge < -0.3 is 15.1 Å². The third-order valence-electron chi connectivity index (χ3n) is 5.03. The summed E-state index contributed by atoms with van der Waals surface area (Å²) in [5.41, 5.74) is 0.785. The molecule has 2 heterocycles. The van der Waals surface area contributed by atoms with E-state index in [1.165, 1.54) is 0 Å². The summed E-state index contributed by atoms with van der Waals surface area (Å²) in [4.78, 5) is 22.5. The minimum absolute atomic E-state index is 0.213. The Bertz CT molecular complexity index is 720. The van der Waals surface area contributed by atoms with Crippen molar-refractivity contribution in [3.05, 3.63) is 53.9 Å². The molecular weight excluding hydrogens is 318 g/mol. The molecule has 0 aliphatic carbocycles. The number of hydrogen-bond donors (Lipinski definition) is 2. The lowest BCUT2D eigenvalue weighted by atomic mass is 9.72. The van der Waals surface area contributed by atoms with Crippen molar-refractivity contribution in [2.75, 3.05) is 18.0 Å².